The molecule has 4 nitrogen and oxygen atoms in total. The third-order valence-corrected chi connectivity index (χ3v) is 4.61. The summed E-state index contributed by atoms with van der Waals surface area (Å²) in [6.07, 6.45) is 2.74. The summed E-state index contributed by atoms with van der Waals surface area (Å²) in [5, 5.41) is 0. The van der Waals surface area contributed by atoms with Crippen LogP contribution in [0.3, 0.4) is 0 Å². The zero-order chi connectivity index (χ0) is 15.0. The molecule has 20 heavy (non-hydrogen) atoms. The molecule has 4 atom stereocenters. The Morgan fingerprint density at radius 1 is 1.15 bits per heavy atom. The number of carbonyl (C=O) groups is 4. The van der Waals surface area contributed by atoms with E-state index in [1.165, 1.54) is 13.8 Å². The lowest BCUT2D eigenvalue weighted by atomic mass is 9.68. The number of ketones is 4. The summed E-state index contributed by atoms with van der Waals surface area (Å²) in [6.45, 7) is 4.84. The first kappa shape index (κ1) is 14.8. The maximum Gasteiger partial charge on any atom is 0.144 e. The lowest BCUT2D eigenvalue weighted by Gasteiger charge is -2.34. The number of carbonyl (C=O) groups excluding carboxylic acids is 4. The fourth-order valence-electron chi connectivity index (χ4n) is 3.69. The molecule has 0 aliphatic heterocycles. The molecule has 0 bridgehead atoms. The van der Waals surface area contributed by atoms with Crippen molar-refractivity contribution in [3.63, 3.8) is 0 Å². The number of allylic oxidation sites excluding steroid dienone is 2. The van der Waals surface area contributed by atoms with E-state index in [-0.39, 0.29) is 59.6 Å². The van der Waals surface area contributed by atoms with Gasteiger partial charge in [0, 0.05) is 24.2 Å². The molecule has 0 aromatic rings. The van der Waals surface area contributed by atoms with Crippen LogP contribution in [0.2, 0.25) is 0 Å². The molecule has 1 fully saturated rings. The van der Waals surface area contributed by atoms with E-state index in [1.54, 1.807) is 0 Å². The van der Waals surface area contributed by atoms with E-state index in [9.17, 15) is 19.2 Å². The molecule has 0 aromatic heterocycles. The zero-order valence-electron chi connectivity index (χ0n) is 12.1. The summed E-state index contributed by atoms with van der Waals surface area (Å²) in [5.74, 6) is -1.16. The molecule has 1 saturated carbocycles. The lowest BCUT2D eigenvalue weighted by molar-refractivity contribution is -0.130. The molecule has 0 heterocycles. The largest absolute Gasteiger partial charge is 0.300 e. The Hall–Kier alpha value is -1.58. The van der Waals surface area contributed by atoms with Gasteiger partial charge in [-0.15, -0.1) is 0 Å². The third-order valence-electron chi connectivity index (χ3n) is 4.61. The SMILES string of the molecule is CC(=O)C1CC(C2CC(=O)CC2=O)C=C(C)C1C(C)=O. The summed E-state index contributed by atoms with van der Waals surface area (Å²) in [7, 11) is 0. The summed E-state index contributed by atoms with van der Waals surface area (Å²) >= 11 is 0. The topological polar surface area (TPSA) is 68.3 Å². The minimum atomic E-state index is -0.365. The second-order valence-electron chi connectivity index (χ2n) is 6.11. The van der Waals surface area contributed by atoms with Crippen LogP contribution in [-0.2, 0) is 19.2 Å². The minimum Gasteiger partial charge on any atom is -0.300 e. The summed E-state index contributed by atoms with van der Waals surface area (Å²) in [4.78, 5) is 46.9. The van der Waals surface area contributed by atoms with Crippen molar-refractivity contribution in [3.05, 3.63) is 11.6 Å². The van der Waals surface area contributed by atoms with E-state index in [2.05, 4.69) is 0 Å². The predicted molar refractivity (Wildman–Crippen MR) is 72.9 cm³/mol. The molecule has 108 valence electrons. The fraction of sp³-hybridized carbons (Fsp3) is 0.625. The van der Waals surface area contributed by atoms with Gasteiger partial charge in [-0.3, -0.25) is 19.2 Å². The van der Waals surface area contributed by atoms with Crippen molar-refractivity contribution in [2.75, 3.05) is 0 Å². The zero-order valence-corrected chi connectivity index (χ0v) is 12.1. The minimum absolute atomic E-state index is 0.00813. The van der Waals surface area contributed by atoms with E-state index in [0.29, 0.717) is 6.42 Å². The predicted octanol–water partition coefficient (Wildman–Crippen LogP) is 1.91. The highest BCUT2D eigenvalue weighted by molar-refractivity contribution is 6.07. The summed E-state index contributed by atoms with van der Waals surface area (Å²) < 4.78 is 0. The first-order valence-corrected chi connectivity index (χ1v) is 7.05. The van der Waals surface area contributed by atoms with E-state index >= 15 is 0 Å². The number of hydrogen-bond donors (Lipinski definition) is 0. The Kier molecular flexibility index (Phi) is 4.02. The second-order valence-corrected chi connectivity index (χ2v) is 6.11. The van der Waals surface area contributed by atoms with Crippen LogP contribution in [0.4, 0.5) is 0 Å². The Balaban J connectivity index is 2.30. The first-order valence-electron chi connectivity index (χ1n) is 7.05. The average molecular weight is 276 g/mol. The van der Waals surface area contributed by atoms with E-state index in [1.807, 2.05) is 13.0 Å². The van der Waals surface area contributed by atoms with Gasteiger partial charge in [0.25, 0.3) is 0 Å². The molecule has 0 saturated heterocycles. The van der Waals surface area contributed by atoms with Gasteiger partial charge in [-0.1, -0.05) is 11.6 Å². The van der Waals surface area contributed by atoms with Crippen LogP contribution < -0.4 is 0 Å². The van der Waals surface area contributed by atoms with Gasteiger partial charge < -0.3 is 0 Å². The molecule has 2 aliphatic carbocycles. The van der Waals surface area contributed by atoms with E-state index in [0.717, 1.165) is 5.57 Å². The highest BCUT2D eigenvalue weighted by Crippen LogP contribution is 2.41. The van der Waals surface area contributed by atoms with Crippen molar-refractivity contribution in [1.29, 1.82) is 0 Å². The molecule has 0 radical (unpaired) electrons. The van der Waals surface area contributed by atoms with Crippen molar-refractivity contribution < 1.29 is 19.2 Å². The van der Waals surface area contributed by atoms with Gasteiger partial charge in [0.2, 0.25) is 0 Å². The highest BCUT2D eigenvalue weighted by Gasteiger charge is 2.42. The summed E-state index contributed by atoms with van der Waals surface area (Å²) in [5.41, 5.74) is 0.862. The van der Waals surface area contributed by atoms with Crippen molar-refractivity contribution in [2.24, 2.45) is 23.7 Å². The maximum atomic E-state index is 11.9. The van der Waals surface area contributed by atoms with Gasteiger partial charge in [-0.25, -0.2) is 0 Å². The van der Waals surface area contributed by atoms with Crippen LogP contribution in [0.5, 0.6) is 0 Å². The van der Waals surface area contributed by atoms with Crippen LogP contribution in [0, 0.1) is 23.7 Å². The molecule has 0 amide bonds. The van der Waals surface area contributed by atoms with Gasteiger partial charge in [-0.05, 0) is 33.1 Å². The fourth-order valence-corrected chi connectivity index (χ4v) is 3.69. The molecule has 0 spiro atoms. The van der Waals surface area contributed by atoms with E-state index < -0.39 is 0 Å². The standard InChI is InChI=1S/C16H20O4/c1-8-4-11(14-6-12(19)7-15(14)20)5-13(9(2)17)16(8)10(3)18/h4,11,13-14,16H,5-7H2,1-3H3. The lowest BCUT2D eigenvalue weighted by Crippen LogP contribution is -2.36. The van der Waals surface area contributed by atoms with Crippen LogP contribution in [0.25, 0.3) is 0 Å². The molecule has 0 N–H and O–H groups in total. The van der Waals surface area contributed by atoms with Crippen molar-refractivity contribution in [1.82, 2.24) is 0 Å². The molecule has 2 aliphatic rings. The quantitative estimate of drug-likeness (QED) is 0.583. The molecular weight excluding hydrogens is 256 g/mol. The van der Waals surface area contributed by atoms with Crippen LogP contribution in [0.15, 0.2) is 11.6 Å². The summed E-state index contributed by atoms with van der Waals surface area (Å²) in [6, 6.07) is 0. The smallest absolute Gasteiger partial charge is 0.144 e. The maximum absolute atomic E-state index is 11.9. The van der Waals surface area contributed by atoms with Crippen molar-refractivity contribution >= 4 is 23.1 Å². The van der Waals surface area contributed by atoms with Gasteiger partial charge in [0.15, 0.2) is 0 Å². The van der Waals surface area contributed by atoms with Gasteiger partial charge >= 0.3 is 0 Å². The van der Waals surface area contributed by atoms with Gasteiger partial charge in [0.1, 0.15) is 23.1 Å². The van der Waals surface area contributed by atoms with Gasteiger partial charge in [0.05, 0.1) is 6.42 Å². The van der Waals surface area contributed by atoms with Crippen LogP contribution >= 0.6 is 0 Å². The van der Waals surface area contributed by atoms with E-state index in [4.69, 9.17) is 0 Å². The Morgan fingerprint density at radius 3 is 2.25 bits per heavy atom. The molecule has 0 aromatic carbocycles. The first-order chi connectivity index (χ1) is 9.31. The third kappa shape index (κ3) is 2.65. The Bertz CT molecular complexity index is 515. The normalized spacial score (nSPS) is 34.0. The van der Waals surface area contributed by atoms with Crippen molar-refractivity contribution in [2.45, 2.75) is 40.0 Å². The molecule has 4 heteroatoms. The highest BCUT2D eigenvalue weighted by atomic mass is 16.2. The average Bonchev–Trinajstić information content (AvgIpc) is 2.66. The van der Waals surface area contributed by atoms with Gasteiger partial charge in [-0.2, -0.15) is 0 Å². The molecule has 2 rings (SSSR count). The Morgan fingerprint density at radius 2 is 1.80 bits per heavy atom. The monoisotopic (exact) mass is 276 g/mol. The second kappa shape index (κ2) is 5.43. The Labute approximate surface area is 118 Å². The van der Waals surface area contributed by atoms with Crippen LogP contribution in [-0.4, -0.2) is 23.1 Å². The molecule has 4 unspecified atom stereocenters. The van der Waals surface area contributed by atoms with Crippen molar-refractivity contribution in [3.8, 4) is 0 Å². The molecular formula is C16H20O4. The number of hydrogen-bond acceptors (Lipinski definition) is 4. The number of rotatable bonds is 3. The number of Topliss-reactive ketones (excluding diaryl/α,β-unsaturated/α-hetero) is 4. The van der Waals surface area contributed by atoms with Crippen LogP contribution in [0.1, 0.15) is 40.0 Å².